The molecule has 0 atom stereocenters. The molecule has 0 fully saturated rings. The van der Waals surface area contributed by atoms with E-state index in [9.17, 15) is 5.11 Å². The molecule has 0 aliphatic rings. The molecule has 0 saturated heterocycles. The lowest BCUT2D eigenvalue weighted by Crippen LogP contribution is -2.17. The quantitative estimate of drug-likeness (QED) is 0.702. The van der Waals surface area contributed by atoms with E-state index in [0.717, 1.165) is 12.0 Å². The predicted molar refractivity (Wildman–Crippen MR) is 96.9 cm³/mol. The molecule has 3 aromatic carbocycles. The van der Waals surface area contributed by atoms with Gasteiger partial charge in [-0.25, -0.2) is 0 Å². The average Bonchev–Trinajstić information content (AvgIpc) is 2.62. The monoisotopic (exact) mass is 320 g/mol. The van der Waals surface area contributed by atoms with Crippen LogP contribution in [0.25, 0.3) is 0 Å². The van der Waals surface area contributed by atoms with Crippen LogP contribution >= 0.6 is 0 Å². The van der Waals surface area contributed by atoms with Crippen LogP contribution in [-0.4, -0.2) is 20.9 Å². The Bertz CT molecular complexity index is 672. The fourth-order valence-electron chi connectivity index (χ4n) is 2.73. The van der Waals surface area contributed by atoms with Crippen molar-refractivity contribution in [2.75, 3.05) is 6.23 Å². The minimum Gasteiger partial charge on any atom is -0.508 e. The summed E-state index contributed by atoms with van der Waals surface area (Å²) in [6, 6.07) is 28.2. The highest BCUT2D eigenvalue weighted by atomic mass is 28.2. The standard InChI is InChI=1S/C20H20O2Si/c21-18-11-13-19(14-12-18)22-15-23-20(16-7-3-1-4-8-16)17-9-5-2-6-10-17/h1-14,20-21H,15,23H2. The lowest BCUT2D eigenvalue weighted by atomic mass is 10.0. The summed E-state index contributed by atoms with van der Waals surface area (Å²) in [7, 11) is -0.509. The van der Waals surface area contributed by atoms with Crippen LogP contribution in [0.2, 0.25) is 0 Å². The molecule has 0 bridgehead atoms. The van der Waals surface area contributed by atoms with E-state index in [4.69, 9.17) is 4.74 Å². The number of aromatic hydroxyl groups is 1. The van der Waals surface area contributed by atoms with Gasteiger partial charge >= 0.3 is 0 Å². The Morgan fingerprint density at radius 2 is 1.26 bits per heavy atom. The lowest BCUT2D eigenvalue weighted by Gasteiger charge is -2.18. The lowest BCUT2D eigenvalue weighted by molar-refractivity contribution is 0.381. The molecule has 0 unspecified atom stereocenters. The van der Waals surface area contributed by atoms with E-state index < -0.39 is 9.52 Å². The molecule has 3 rings (SSSR count). The van der Waals surface area contributed by atoms with Crippen molar-refractivity contribution in [1.29, 1.82) is 0 Å². The molecule has 0 aromatic heterocycles. The van der Waals surface area contributed by atoms with E-state index in [-0.39, 0.29) is 5.75 Å². The highest BCUT2D eigenvalue weighted by Crippen LogP contribution is 2.23. The van der Waals surface area contributed by atoms with Crippen molar-refractivity contribution in [2.24, 2.45) is 0 Å². The van der Waals surface area contributed by atoms with Crippen molar-refractivity contribution in [3.05, 3.63) is 96.1 Å². The van der Waals surface area contributed by atoms with Gasteiger partial charge in [-0.2, -0.15) is 0 Å². The van der Waals surface area contributed by atoms with Crippen LogP contribution in [0.5, 0.6) is 11.5 Å². The highest BCUT2D eigenvalue weighted by Gasteiger charge is 2.14. The largest absolute Gasteiger partial charge is 0.508 e. The van der Waals surface area contributed by atoms with Crippen molar-refractivity contribution < 1.29 is 9.84 Å². The molecule has 0 amide bonds. The summed E-state index contributed by atoms with van der Waals surface area (Å²) in [4.78, 5) is 0. The third kappa shape index (κ3) is 4.24. The van der Waals surface area contributed by atoms with E-state index in [1.807, 2.05) is 12.1 Å². The second-order valence-electron chi connectivity index (χ2n) is 5.50. The van der Waals surface area contributed by atoms with Gasteiger partial charge in [-0.1, -0.05) is 60.7 Å². The van der Waals surface area contributed by atoms with Crippen molar-refractivity contribution in [3.8, 4) is 11.5 Å². The van der Waals surface area contributed by atoms with Gasteiger partial charge in [0.2, 0.25) is 0 Å². The molecule has 0 aliphatic heterocycles. The number of hydrogen-bond donors (Lipinski definition) is 1. The van der Waals surface area contributed by atoms with Gasteiger partial charge < -0.3 is 9.84 Å². The van der Waals surface area contributed by atoms with Crippen LogP contribution in [0.1, 0.15) is 16.7 Å². The summed E-state index contributed by atoms with van der Waals surface area (Å²) >= 11 is 0. The third-order valence-corrected chi connectivity index (χ3v) is 5.88. The zero-order valence-electron chi connectivity index (χ0n) is 12.9. The van der Waals surface area contributed by atoms with Crippen molar-refractivity contribution in [2.45, 2.75) is 5.54 Å². The normalized spacial score (nSPS) is 11.2. The maximum atomic E-state index is 9.32. The molecule has 0 radical (unpaired) electrons. The van der Waals surface area contributed by atoms with E-state index in [2.05, 4.69) is 60.7 Å². The Kier molecular flexibility index (Phi) is 5.12. The van der Waals surface area contributed by atoms with Crippen molar-refractivity contribution >= 4 is 9.52 Å². The summed E-state index contributed by atoms with van der Waals surface area (Å²) in [6.07, 6.45) is 0.763. The number of ether oxygens (including phenoxy) is 1. The second-order valence-corrected chi connectivity index (χ2v) is 7.31. The first-order valence-electron chi connectivity index (χ1n) is 7.84. The third-order valence-electron chi connectivity index (χ3n) is 3.92. The molecule has 116 valence electrons. The zero-order valence-corrected chi connectivity index (χ0v) is 14.3. The van der Waals surface area contributed by atoms with Gasteiger partial charge in [0.05, 0.1) is 15.7 Å². The van der Waals surface area contributed by atoms with Crippen molar-refractivity contribution in [1.82, 2.24) is 0 Å². The van der Waals surface area contributed by atoms with Crippen LogP contribution in [0.3, 0.4) is 0 Å². The molecule has 0 heterocycles. The summed E-state index contributed by atoms with van der Waals surface area (Å²) < 4.78 is 5.89. The summed E-state index contributed by atoms with van der Waals surface area (Å²) in [5.41, 5.74) is 3.17. The number of rotatable bonds is 6. The Morgan fingerprint density at radius 3 is 1.78 bits per heavy atom. The van der Waals surface area contributed by atoms with Gasteiger partial charge in [0.1, 0.15) is 11.5 Å². The van der Waals surface area contributed by atoms with Crippen LogP contribution in [0.4, 0.5) is 0 Å². The van der Waals surface area contributed by atoms with Gasteiger partial charge in [-0.15, -0.1) is 0 Å². The minimum absolute atomic E-state index is 0.265. The summed E-state index contributed by atoms with van der Waals surface area (Å²) in [5, 5.41) is 9.32. The first-order chi connectivity index (χ1) is 11.3. The molecule has 3 aromatic rings. The van der Waals surface area contributed by atoms with E-state index in [0.29, 0.717) is 5.54 Å². The zero-order chi connectivity index (χ0) is 15.9. The Balaban J connectivity index is 1.71. The number of hydrogen-bond acceptors (Lipinski definition) is 2. The maximum Gasteiger partial charge on any atom is 0.119 e. The second kappa shape index (κ2) is 7.65. The molecule has 3 heteroatoms. The fraction of sp³-hybridized carbons (Fsp3) is 0.100. The molecule has 1 N–H and O–H groups in total. The minimum atomic E-state index is -0.509. The van der Waals surface area contributed by atoms with Crippen molar-refractivity contribution in [3.63, 3.8) is 0 Å². The molecule has 0 saturated carbocycles. The number of benzene rings is 3. The molecule has 0 spiro atoms. The van der Waals surface area contributed by atoms with Crippen LogP contribution < -0.4 is 4.74 Å². The molecule has 23 heavy (non-hydrogen) atoms. The molecule has 2 nitrogen and oxygen atoms in total. The SMILES string of the molecule is Oc1ccc(OC[SiH2]C(c2ccccc2)c2ccccc2)cc1. The average molecular weight is 320 g/mol. The maximum absolute atomic E-state index is 9.32. The molecular formula is C20H20O2Si. The fourth-order valence-corrected chi connectivity index (χ4v) is 4.53. The topological polar surface area (TPSA) is 29.5 Å². The Labute approximate surface area is 139 Å². The number of phenolic OH excluding ortho intramolecular Hbond substituents is 1. The van der Waals surface area contributed by atoms with Crippen LogP contribution in [0.15, 0.2) is 84.9 Å². The van der Waals surface area contributed by atoms with Gasteiger partial charge in [0.25, 0.3) is 0 Å². The predicted octanol–water partition coefficient (Wildman–Crippen LogP) is 3.69. The first-order valence-corrected chi connectivity index (χ1v) is 9.66. The van der Waals surface area contributed by atoms with Gasteiger partial charge in [0.15, 0.2) is 0 Å². The van der Waals surface area contributed by atoms with E-state index in [1.54, 1.807) is 12.1 Å². The van der Waals surface area contributed by atoms with Gasteiger partial charge in [0, 0.05) is 5.54 Å². The highest BCUT2D eigenvalue weighted by molar-refractivity contribution is 6.39. The van der Waals surface area contributed by atoms with E-state index in [1.165, 1.54) is 11.1 Å². The molecule has 0 aliphatic carbocycles. The van der Waals surface area contributed by atoms with Crippen LogP contribution in [0, 0.1) is 0 Å². The first kappa shape index (κ1) is 15.4. The van der Waals surface area contributed by atoms with Gasteiger partial charge in [-0.05, 0) is 35.4 Å². The smallest absolute Gasteiger partial charge is 0.119 e. The van der Waals surface area contributed by atoms with E-state index >= 15 is 0 Å². The Morgan fingerprint density at radius 1 is 0.739 bits per heavy atom. The summed E-state index contributed by atoms with van der Waals surface area (Å²) in [5.74, 6) is 1.08. The summed E-state index contributed by atoms with van der Waals surface area (Å²) in [6.45, 7) is 0. The van der Waals surface area contributed by atoms with Gasteiger partial charge in [-0.3, -0.25) is 0 Å². The molecular weight excluding hydrogens is 300 g/mol. The Hall–Kier alpha value is -2.52. The number of phenols is 1. The van der Waals surface area contributed by atoms with Crippen LogP contribution in [-0.2, 0) is 0 Å².